The minimum Gasteiger partial charge on any atom is -0.361 e. The van der Waals surface area contributed by atoms with Gasteiger partial charge in [-0.25, -0.2) is 9.97 Å². The molecule has 0 fully saturated rings. The molecule has 9 nitrogen and oxygen atoms in total. The van der Waals surface area contributed by atoms with Gasteiger partial charge in [0.1, 0.15) is 5.82 Å². The van der Waals surface area contributed by atoms with Crippen molar-refractivity contribution in [3.63, 3.8) is 0 Å². The predicted molar refractivity (Wildman–Crippen MR) is 151 cm³/mol. The van der Waals surface area contributed by atoms with Gasteiger partial charge < -0.3 is 24.3 Å². The van der Waals surface area contributed by atoms with Gasteiger partial charge in [-0.15, -0.1) is 0 Å². The molecule has 0 bridgehead atoms. The van der Waals surface area contributed by atoms with E-state index in [9.17, 15) is 0 Å². The summed E-state index contributed by atoms with van der Waals surface area (Å²) >= 11 is 12.4. The third kappa shape index (κ3) is 3.91. The van der Waals surface area contributed by atoms with Crippen molar-refractivity contribution in [1.82, 2.24) is 34.1 Å². The molecule has 0 spiro atoms. The maximum Gasteiger partial charge on any atom is 0.229 e. The van der Waals surface area contributed by atoms with E-state index in [1.165, 1.54) is 17.0 Å². The van der Waals surface area contributed by atoms with Crippen LogP contribution in [0.3, 0.4) is 0 Å². The zero-order valence-electron chi connectivity index (χ0n) is 21.6. The number of hydrogen-bond donors (Lipinski definition) is 2. The highest BCUT2D eigenvalue weighted by atomic mass is 35.5. The second kappa shape index (κ2) is 8.61. The smallest absolute Gasteiger partial charge is 0.229 e. The number of fused-ring (bicyclic) bond motifs is 5. The summed E-state index contributed by atoms with van der Waals surface area (Å²) in [7, 11) is 0. The van der Waals surface area contributed by atoms with Crippen molar-refractivity contribution in [2.45, 2.75) is 59.8 Å². The molecule has 196 valence electrons. The van der Waals surface area contributed by atoms with E-state index in [1.54, 1.807) is 12.1 Å². The van der Waals surface area contributed by atoms with Crippen LogP contribution in [0, 0.1) is 5.41 Å². The number of anilines is 2. The molecule has 11 heteroatoms. The van der Waals surface area contributed by atoms with E-state index in [-0.39, 0.29) is 0 Å². The Labute approximate surface area is 230 Å². The Balaban J connectivity index is 1.19. The standard InChI is InChI=1S/C27H29Cl2N9/c1-4-36-14-31-23-24(30-12-22-32-19-8-17(28)18(29)9-20(19)33-22)34-26(35-25(23)36)37-5-6-38-16(13-37)7-15-10-27(2,3)11-21(15)38/h7-9,14H,4-6,10-13H2,1-3H3,(H,32,33)(H,30,34,35). The molecule has 5 aromatic rings. The molecule has 2 N–H and O–H groups in total. The molecule has 0 unspecified atom stereocenters. The Morgan fingerprint density at radius 2 is 1.89 bits per heavy atom. The first-order valence-electron chi connectivity index (χ1n) is 13.0. The van der Waals surface area contributed by atoms with Gasteiger partial charge in [-0.1, -0.05) is 37.0 Å². The number of nitrogens with zero attached hydrogens (tertiary/aromatic N) is 7. The maximum atomic E-state index is 6.18. The third-order valence-corrected chi connectivity index (χ3v) is 8.44. The summed E-state index contributed by atoms with van der Waals surface area (Å²) in [6, 6.07) is 5.96. The lowest BCUT2D eigenvalue weighted by atomic mass is 9.90. The van der Waals surface area contributed by atoms with Gasteiger partial charge in [0.15, 0.2) is 17.0 Å². The SMILES string of the molecule is CCn1cnc2c(NCc3nc4cc(Cl)c(Cl)cc4[nH]3)nc(N3CCn4c(cc5c4CC(C)(C)C5)C3)nc21. The average molecular weight is 550 g/mol. The van der Waals surface area contributed by atoms with Crippen LogP contribution >= 0.6 is 23.2 Å². The van der Waals surface area contributed by atoms with Crippen molar-refractivity contribution >= 4 is 57.2 Å². The molecule has 1 aromatic carbocycles. The van der Waals surface area contributed by atoms with Gasteiger partial charge in [-0.05, 0) is 48.9 Å². The lowest BCUT2D eigenvalue weighted by Gasteiger charge is -2.30. The van der Waals surface area contributed by atoms with E-state index in [0.717, 1.165) is 67.0 Å². The molecule has 7 rings (SSSR count). The average Bonchev–Trinajstić information content (AvgIpc) is 3.62. The summed E-state index contributed by atoms with van der Waals surface area (Å²) in [5.41, 5.74) is 7.91. The van der Waals surface area contributed by atoms with Crippen LogP contribution in [0.25, 0.3) is 22.2 Å². The van der Waals surface area contributed by atoms with Gasteiger partial charge in [0, 0.05) is 31.0 Å². The maximum absolute atomic E-state index is 6.18. The second-order valence-corrected chi connectivity index (χ2v) is 11.9. The first-order chi connectivity index (χ1) is 18.3. The number of halogens is 2. The van der Waals surface area contributed by atoms with Crippen LogP contribution < -0.4 is 10.2 Å². The van der Waals surface area contributed by atoms with Gasteiger partial charge in [0.05, 0.1) is 40.5 Å². The largest absolute Gasteiger partial charge is 0.361 e. The first-order valence-corrected chi connectivity index (χ1v) is 13.8. The van der Waals surface area contributed by atoms with Crippen LogP contribution in [0.1, 0.15) is 43.5 Å². The Kier molecular flexibility index (Phi) is 5.39. The van der Waals surface area contributed by atoms with E-state index >= 15 is 0 Å². The van der Waals surface area contributed by atoms with Gasteiger partial charge in [-0.2, -0.15) is 9.97 Å². The van der Waals surface area contributed by atoms with Crippen molar-refractivity contribution in [2.24, 2.45) is 5.41 Å². The molecule has 1 aliphatic carbocycles. The number of hydrogen-bond acceptors (Lipinski definition) is 6. The number of aryl methyl sites for hydroxylation is 1. The minimum atomic E-state index is 0.357. The first kappa shape index (κ1) is 23.8. The van der Waals surface area contributed by atoms with Crippen LogP contribution in [-0.4, -0.2) is 40.6 Å². The predicted octanol–water partition coefficient (Wildman–Crippen LogP) is 5.59. The zero-order chi connectivity index (χ0) is 26.2. The van der Waals surface area contributed by atoms with Gasteiger partial charge in [-0.3, -0.25) is 0 Å². The second-order valence-electron chi connectivity index (χ2n) is 11.1. The summed E-state index contributed by atoms with van der Waals surface area (Å²) in [4.78, 5) is 24.8. The molecule has 0 saturated carbocycles. The van der Waals surface area contributed by atoms with Gasteiger partial charge in [0.25, 0.3) is 0 Å². The van der Waals surface area contributed by atoms with Crippen molar-refractivity contribution < 1.29 is 0 Å². The van der Waals surface area contributed by atoms with Gasteiger partial charge >= 0.3 is 0 Å². The molecule has 0 saturated heterocycles. The van der Waals surface area contributed by atoms with Crippen LogP contribution in [0.15, 0.2) is 24.5 Å². The molecule has 4 aromatic heterocycles. The lowest BCUT2D eigenvalue weighted by molar-refractivity contribution is 0.381. The van der Waals surface area contributed by atoms with Crippen molar-refractivity contribution in [3.8, 4) is 0 Å². The summed E-state index contributed by atoms with van der Waals surface area (Å²) < 4.78 is 4.58. The topological polar surface area (TPSA) is 92.5 Å². The number of rotatable bonds is 5. The van der Waals surface area contributed by atoms with Crippen LogP contribution in [-0.2, 0) is 39.0 Å². The fourth-order valence-corrected chi connectivity index (χ4v) is 6.24. The lowest BCUT2D eigenvalue weighted by Crippen LogP contribution is -2.35. The van der Waals surface area contributed by atoms with E-state index in [1.807, 2.05) is 6.33 Å². The Bertz CT molecular complexity index is 1670. The highest BCUT2D eigenvalue weighted by Gasteiger charge is 2.34. The summed E-state index contributed by atoms with van der Waals surface area (Å²) in [5.74, 6) is 2.17. The van der Waals surface area contributed by atoms with Crippen LogP contribution in [0.5, 0.6) is 0 Å². The molecule has 5 heterocycles. The summed E-state index contributed by atoms with van der Waals surface area (Å²) in [6.45, 7) is 10.6. The Hall–Kier alpha value is -3.30. The third-order valence-electron chi connectivity index (χ3n) is 7.72. The zero-order valence-corrected chi connectivity index (χ0v) is 23.2. The van der Waals surface area contributed by atoms with E-state index < -0.39 is 0 Å². The number of benzene rings is 1. The Morgan fingerprint density at radius 1 is 1.05 bits per heavy atom. The highest BCUT2D eigenvalue weighted by Crippen LogP contribution is 2.39. The normalized spacial score (nSPS) is 16.4. The van der Waals surface area contributed by atoms with Crippen molar-refractivity contribution in [2.75, 3.05) is 16.8 Å². The molecule has 38 heavy (non-hydrogen) atoms. The monoisotopic (exact) mass is 549 g/mol. The number of aromatic amines is 1. The highest BCUT2D eigenvalue weighted by molar-refractivity contribution is 6.42. The molecular formula is C27H29Cl2N9. The molecular weight excluding hydrogens is 521 g/mol. The Morgan fingerprint density at radius 3 is 2.74 bits per heavy atom. The quantitative estimate of drug-likeness (QED) is 0.297. The fourth-order valence-electron chi connectivity index (χ4n) is 5.92. The van der Waals surface area contributed by atoms with Crippen molar-refractivity contribution in [3.05, 3.63) is 57.3 Å². The molecule has 1 aliphatic heterocycles. The molecule has 2 aliphatic rings. The van der Waals surface area contributed by atoms with E-state index in [4.69, 9.17) is 33.2 Å². The summed E-state index contributed by atoms with van der Waals surface area (Å²) in [6.07, 6.45) is 4.12. The fraction of sp³-hybridized carbons (Fsp3) is 0.407. The van der Waals surface area contributed by atoms with Crippen LogP contribution in [0.2, 0.25) is 10.0 Å². The van der Waals surface area contributed by atoms with Crippen molar-refractivity contribution in [1.29, 1.82) is 0 Å². The molecule has 0 amide bonds. The summed E-state index contributed by atoms with van der Waals surface area (Å²) in [5, 5.41) is 4.43. The number of nitrogens with one attached hydrogen (secondary N) is 2. The van der Waals surface area contributed by atoms with E-state index in [2.05, 4.69) is 61.1 Å². The number of H-pyrrole nitrogens is 1. The minimum absolute atomic E-state index is 0.357. The van der Waals surface area contributed by atoms with Crippen LogP contribution in [0.4, 0.5) is 11.8 Å². The number of aromatic nitrogens is 7. The molecule has 0 radical (unpaired) electrons. The van der Waals surface area contributed by atoms with E-state index in [0.29, 0.717) is 33.8 Å². The molecule has 0 atom stereocenters. The number of imidazole rings is 2. The van der Waals surface area contributed by atoms with Gasteiger partial charge in [0.2, 0.25) is 5.95 Å².